The number of hydrogen-bond donors (Lipinski definition) is 1. The number of carbonyl (C=O) groups excluding carboxylic acids is 2. The molecule has 6 rings (SSSR count). The van der Waals surface area contributed by atoms with E-state index in [2.05, 4.69) is 11.5 Å². The van der Waals surface area contributed by atoms with E-state index in [0.717, 1.165) is 25.8 Å². The number of hydrogen-bond acceptors (Lipinski definition) is 6. The smallest absolute Gasteiger partial charge is 0.261 e. The molecule has 1 aromatic carbocycles. The van der Waals surface area contributed by atoms with Gasteiger partial charge in [-0.2, -0.15) is 0 Å². The molecule has 1 spiro atoms. The minimum Gasteiger partial charge on any atom is -0.507 e. The second-order valence-corrected chi connectivity index (χ2v) is 10.8. The van der Waals surface area contributed by atoms with Crippen LogP contribution in [0.25, 0.3) is 11.3 Å². The fraction of sp³-hybridized carbons (Fsp3) is 0.444. The lowest BCUT2D eigenvalue weighted by Crippen LogP contribution is -2.57. The maximum absolute atomic E-state index is 15.0. The van der Waals surface area contributed by atoms with E-state index in [1.165, 1.54) is 30.7 Å². The van der Waals surface area contributed by atoms with Gasteiger partial charge in [-0.05, 0) is 42.9 Å². The van der Waals surface area contributed by atoms with Crippen LogP contribution in [0.2, 0.25) is 5.02 Å². The molecule has 1 aromatic heterocycles. The first-order valence-electron chi connectivity index (χ1n) is 12.6. The second-order valence-electron chi connectivity index (χ2n) is 10.4. The van der Waals surface area contributed by atoms with Gasteiger partial charge < -0.3 is 24.5 Å². The zero-order chi connectivity index (χ0) is 25.9. The highest BCUT2D eigenvalue weighted by Crippen LogP contribution is 2.51. The van der Waals surface area contributed by atoms with Gasteiger partial charge in [0.05, 0.1) is 11.6 Å². The van der Waals surface area contributed by atoms with E-state index in [4.69, 9.17) is 21.3 Å². The molecule has 10 heteroatoms. The minimum atomic E-state index is -0.673. The largest absolute Gasteiger partial charge is 0.507 e. The van der Waals surface area contributed by atoms with Crippen LogP contribution in [0.4, 0.5) is 10.2 Å². The standard InChI is InChI=1S/C27H28ClFN4O4/c1-2-19(35)31-11-12-33-16(13-31)14-37-24-21(26(33)36)25(32-10-9-27(15-32)7-4-8-27)30-23(22(24)28)20-17(29)5-3-6-18(20)34/h2-3,5-6,16,34H,1,4,7-15H2/t16-/m1/s1. The summed E-state index contributed by atoms with van der Waals surface area (Å²) >= 11 is 6.78. The molecule has 4 heterocycles. The Bertz CT molecular complexity index is 1290. The van der Waals surface area contributed by atoms with Gasteiger partial charge in [0.2, 0.25) is 5.91 Å². The third-order valence-corrected chi connectivity index (χ3v) is 8.67. The number of ether oxygens (including phenoxy) is 1. The minimum absolute atomic E-state index is 0.0241. The number of piperazine rings is 1. The lowest BCUT2D eigenvalue weighted by atomic mass is 9.68. The average molecular weight is 527 g/mol. The van der Waals surface area contributed by atoms with Gasteiger partial charge in [-0.15, -0.1) is 0 Å². The SMILES string of the molecule is C=CC(=O)N1CCN2C(=O)c3c(N4CCC5(CCC5)C4)nc(-c4c(O)cccc4F)c(Cl)c3OC[C@H]2C1. The van der Waals surface area contributed by atoms with Crippen molar-refractivity contribution in [3.05, 3.63) is 47.3 Å². The van der Waals surface area contributed by atoms with Gasteiger partial charge in [0.1, 0.15) is 40.3 Å². The number of halogens is 2. The fourth-order valence-electron chi connectivity index (χ4n) is 6.12. The number of pyridine rings is 1. The molecule has 2 saturated heterocycles. The van der Waals surface area contributed by atoms with E-state index in [9.17, 15) is 19.1 Å². The Morgan fingerprint density at radius 1 is 1.24 bits per heavy atom. The van der Waals surface area contributed by atoms with Gasteiger partial charge in [0, 0.05) is 32.7 Å². The number of anilines is 1. The summed E-state index contributed by atoms with van der Waals surface area (Å²) in [5.41, 5.74) is 0.376. The highest BCUT2D eigenvalue weighted by molar-refractivity contribution is 6.35. The van der Waals surface area contributed by atoms with Crippen molar-refractivity contribution in [1.82, 2.24) is 14.8 Å². The van der Waals surface area contributed by atoms with Crippen LogP contribution in [0.3, 0.4) is 0 Å². The Kier molecular flexibility index (Phi) is 5.78. The number of rotatable bonds is 3. The van der Waals surface area contributed by atoms with Crippen LogP contribution in [-0.4, -0.2) is 77.1 Å². The number of nitrogens with zero attached hydrogens (tertiary/aromatic N) is 4. The molecule has 1 N–H and O–H groups in total. The number of fused-ring (bicyclic) bond motifs is 2. The van der Waals surface area contributed by atoms with Gasteiger partial charge in [-0.3, -0.25) is 9.59 Å². The van der Waals surface area contributed by atoms with Crippen molar-refractivity contribution in [2.45, 2.75) is 31.7 Å². The Morgan fingerprint density at radius 3 is 2.73 bits per heavy atom. The van der Waals surface area contributed by atoms with E-state index in [-0.39, 0.29) is 63.2 Å². The van der Waals surface area contributed by atoms with Crippen LogP contribution >= 0.6 is 11.6 Å². The molecule has 3 fully saturated rings. The molecule has 2 amide bonds. The van der Waals surface area contributed by atoms with E-state index in [1.807, 2.05) is 0 Å². The molecule has 2 aromatic rings. The third kappa shape index (κ3) is 3.82. The molecule has 3 aliphatic heterocycles. The summed E-state index contributed by atoms with van der Waals surface area (Å²) in [5, 5.41) is 10.5. The van der Waals surface area contributed by atoms with Gasteiger partial charge >= 0.3 is 0 Å². The highest BCUT2D eigenvalue weighted by Gasteiger charge is 2.46. The van der Waals surface area contributed by atoms with Crippen LogP contribution in [0, 0.1) is 11.2 Å². The molecule has 0 unspecified atom stereocenters. The molecule has 8 nitrogen and oxygen atoms in total. The van der Waals surface area contributed by atoms with E-state index < -0.39 is 5.82 Å². The monoisotopic (exact) mass is 526 g/mol. The van der Waals surface area contributed by atoms with Crippen molar-refractivity contribution in [3.8, 4) is 22.8 Å². The third-order valence-electron chi connectivity index (χ3n) is 8.32. The van der Waals surface area contributed by atoms with E-state index >= 15 is 0 Å². The van der Waals surface area contributed by atoms with Gasteiger partial charge in [-0.1, -0.05) is 30.7 Å². The summed E-state index contributed by atoms with van der Waals surface area (Å²) in [6, 6.07) is 3.62. The number of amides is 2. The first-order valence-corrected chi connectivity index (χ1v) is 13.0. The maximum atomic E-state index is 15.0. The first kappa shape index (κ1) is 24.0. The summed E-state index contributed by atoms with van der Waals surface area (Å²) < 4.78 is 21.1. The first-order chi connectivity index (χ1) is 17.8. The summed E-state index contributed by atoms with van der Waals surface area (Å²) in [5.74, 6) is -0.905. The van der Waals surface area contributed by atoms with Gasteiger partial charge in [-0.25, -0.2) is 9.37 Å². The zero-order valence-electron chi connectivity index (χ0n) is 20.4. The zero-order valence-corrected chi connectivity index (χ0v) is 21.1. The van der Waals surface area contributed by atoms with Crippen molar-refractivity contribution < 1.29 is 23.8 Å². The number of phenolic OH excluding ortho intramolecular Hbond substituents is 1. The number of carbonyl (C=O) groups is 2. The van der Waals surface area contributed by atoms with E-state index in [1.54, 1.807) is 9.80 Å². The predicted molar refractivity (Wildman–Crippen MR) is 137 cm³/mol. The Hall–Kier alpha value is -3.33. The van der Waals surface area contributed by atoms with Crippen LogP contribution < -0.4 is 9.64 Å². The fourth-order valence-corrected chi connectivity index (χ4v) is 6.40. The molecular weight excluding hydrogens is 499 g/mol. The van der Waals surface area contributed by atoms with Crippen molar-refractivity contribution in [2.24, 2.45) is 5.41 Å². The Balaban J connectivity index is 1.48. The average Bonchev–Trinajstić information content (AvgIpc) is 3.28. The van der Waals surface area contributed by atoms with Crippen LogP contribution in [0.15, 0.2) is 30.9 Å². The molecule has 1 saturated carbocycles. The topological polar surface area (TPSA) is 86.2 Å². The number of phenols is 1. The second kappa shape index (κ2) is 8.90. The maximum Gasteiger partial charge on any atom is 0.261 e. The molecular formula is C27H28ClFN4O4. The van der Waals surface area contributed by atoms with Crippen molar-refractivity contribution in [2.75, 3.05) is 44.2 Å². The molecule has 1 aliphatic carbocycles. The Labute approximate surface area is 219 Å². The molecule has 0 bridgehead atoms. The predicted octanol–water partition coefficient (Wildman–Crippen LogP) is 3.86. The quantitative estimate of drug-likeness (QED) is 0.611. The van der Waals surface area contributed by atoms with Gasteiger partial charge in [0.25, 0.3) is 5.91 Å². The van der Waals surface area contributed by atoms with Crippen molar-refractivity contribution >= 4 is 29.2 Å². The molecule has 4 aliphatic rings. The van der Waals surface area contributed by atoms with Crippen LogP contribution in [0.5, 0.6) is 11.5 Å². The lowest BCUT2D eigenvalue weighted by Gasteiger charge is -2.40. The summed E-state index contributed by atoms with van der Waals surface area (Å²) in [4.78, 5) is 36.5. The van der Waals surface area contributed by atoms with Gasteiger partial charge in [0.15, 0.2) is 5.75 Å². The highest BCUT2D eigenvalue weighted by atomic mass is 35.5. The molecule has 194 valence electrons. The summed E-state index contributed by atoms with van der Waals surface area (Å²) in [7, 11) is 0. The van der Waals surface area contributed by atoms with Crippen molar-refractivity contribution in [1.29, 1.82) is 0 Å². The number of aromatic hydroxyl groups is 1. The Morgan fingerprint density at radius 2 is 2.05 bits per heavy atom. The summed E-state index contributed by atoms with van der Waals surface area (Å²) in [6.07, 6.45) is 5.70. The summed E-state index contributed by atoms with van der Waals surface area (Å²) in [6.45, 7) is 6.15. The number of benzene rings is 1. The van der Waals surface area contributed by atoms with Crippen LogP contribution in [0.1, 0.15) is 36.0 Å². The molecule has 37 heavy (non-hydrogen) atoms. The van der Waals surface area contributed by atoms with E-state index in [0.29, 0.717) is 32.0 Å². The van der Waals surface area contributed by atoms with Crippen molar-refractivity contribution in [3.63, 3.8) is 0 Å². The lowest BCUT2D eigenvalue weighted by molar-refractivity contribution is -0.128. The molecule has 1 atom stereocenters. The molecule has 0 radical (unpaired) electrons. The van der Waals surface area contributed by atoms with Crippen LogP contribution in [-0.2, 0) is 4.79 Å². The number of aromatic nitrogens is 1. The normalized spacial score (nSPS) is 22.2.